The summed E-state index contributed by atoms with van der Waals surface area (Å²) >= 11 is 4.30. The van der Waals surface area contributed by atoms with Gasteiger partial charge in [-0.05, 0) is 18.4 Å². The summed E-state index contributed by atoms with van der Waals surface area (Å²) in [6.07, 6.45) is 3.87. The van der Waals surface area contributed by atoms with Crippen LogP contribution in [-0.4, -0.2) is 9.67 Å². The van der Waals surface area contributed by atoms with Crippen molar-refractivity contribution < 1.29 is 4.68 Å². The summed E-state index contributed by atoms with van der Waals surface area (Å²) in [4.78, 5) is 0. The maximum Gasteiger partial charge on any atom is 0.292 e. The van der Waals surface area contributed by atoms with Crippen molar-refractivity contribution in [2.24, 2.45) is 7.05 Å². The van der Waals surface area contributed by atoms with Crippen LogP contribution in [0.1, 0.15) is 19.2 Å². The molecule has 72 valence electrons. The van der Waals surface area contributed by atoms with Crippen molar-refractivity contribution in [3.63, 3.8) is 0 Å². The molecule has 13 heavy (non-hydrogen) atoms. The number of rotatable bonds is 4. The van der Waals surface area contributed by atoms with Crippen LogP contribution in [0.2, 0.25) is 0 Å². The largest absolute Gasteiger partial charge is 0.292 e. The number of allylic oxidation sites excluding steroid dienone is 1. The molecule has 0 aliphatic carbocycles. The molecule has 0 atom stereocenters. The van der Waals surface area contributed by atoms with Crippen molar-refractivity contribution >= 4 is 12.6 Å². The van der Waals surface area contributed by atoms with Gasteiger partial charge in [0.05, 0.1) is 13.0 Å². The smallest absolute Gasteiger partial charge is 0.205 e. The van der Waals surface area contributed by atoms with E-state index in [1.807, 2.05) is 17.8 Å². The Morgan fingerprint density at radius 2 is 2.38 bits per heavy atom. The van der Waals surface area contributed by atoms with Crippen molar-refractivity contribution in [3.05, 3.63) is 18.5 Å². The molecule has 0 aromatic carbocycles. The molecule has 0 N–H and O–H groups in total. The maximum absolute atomic E-state index is 4.30. The third kappa shape index (κ3) is 2.12. The maximum atomic E-state index is 4.30. The van der Waals surface area contributed by atoms with E-state index >= 15 is 0 Å². The predicted molar refractivity (Wildman–Crippen MR) is 54.8 cm³/mol. The molecule has 0 radical (unpaired) electrons. The summed E-state index contributed by atoms with van der Waals surface area (Å²) < 4.78 is 3.99. The van der Waals surface area contributed by atoms with Gasteiger partial charge >= 0.3 is 0 Å². The van der Waals surface area contributed by atoms with E-state index in [9.17, 15) is 0 Å². The van der Waals surface area contributed by atoms with Crippen LogP contribution < -0.4 is 4.68 Å². The Morgan fingerprint density at radius 3 is 2.92 bits per heavy atom. The topological polar surface area (TPSA) is 21.7 Å². The molecule has 0 aliphatic heterocycles. The lowest BCUT2D eigenvalue weighted by Crippen LogP contribution is -2.35. The lowest BCUT2D eigenvalue weighted by molar-refractivity contribution is -0.737. The van der Waals surface area contributed by atoms with Gasteiger partial charge in [-0.2, -0.15) is 0 Å². The number of aryl methyl sites for hydroxylation is 1. The summed E-state index contributed by atoms with van der Waals surface area (Å²) in [5, 5.41) is 5.03. The van der Waals surface area contributed by atoms with Crippen molar-refractivity contribution in [1.29, 1.82) is 0 Å². The quantitative estimate of drug-likeness (QED) is 0.437. The van der Waals surface area contributed by atoms with Crippen molar-refractivity contribution in [2.75, 3.05) is 0 Å². The van der Waals surface area contributed by atoms with Gasteiger partial charge in [0, 0.05) is 0 Å². The predicted octanol–water partition coefficient (Wildman–Crippen LogP) is 1.13. The highest BCUT2D eigenvalue weighted by molar-refractivity contribution is 7.80. The zero-order chi connectivity index (χ0) is 9.84. The molecule has 0 fully saturated rings. The molecule has 3 nitrogen and oxygen atoms in total. The molecule has 1 aromatic rings. The number of thiol groups is 1. The third-order valence-electron chi connectivity index (χ3n) is 2.05. The molecule has 0 unspecified atom stereocenters. The fourth-order valence-electron chi connectivity index (χ4n) is 1.39. The lowest BCUT2D eigenvalue weighted by atomic mass is 10.3. The molecule has 0 bridgehead atoms. The van der Waals surface area contributed by atoms with E-state index in [0.717, 1.165) is 24.5 Å². The third-order valence-corrected chi connectivity index (χ3v) is 2.39. The lowest BCUT2D eigenvalue weighted by Gasteiger charge is -1.96. The molecular weight excluding hydrogens is 182 g/mol. The second-order valence-electron chi connectivity index (χ2n) is 2.91. The fourth-order valence-corrected chi connectivity index (χ4v) is 1.78. The second-order valence-corrected chi connectivity index (χ2v) is 3.31. The number of aromatic nitrogens is 3. The Kier molecular flexibility index (Phi) is 3.54. The van der Waals surface area contributed by atoms with Gasteiger partial charge in [-0.1, -0.05) is 18.7 Å². The summed E-state index contributed by atoms with van der Waals surface area (Å²) in [6, 6.07) is 0. The van der Waals surface area contributed by atoms with Crippen LogP contribution >= 0.6 is 12.6 Å². The van der Waals surface area contributed by atoms with Gasteiger partial charge in [0.25, 0.3) is 11.0 Å². The Bertz CT molecular complexity index is 304. The summed E-state index contributed by atoms with van der Waals surface area (Å²) in [7, 11) is 1.95. The van der Waals surface area contributed by atoms with E-state index in [-0.39, 0.29) is 0 Å². The van der Waals surface area contributed by atoms with E-state index in [1.165, 1.54) is 5.82 Å². The number of hydrogen-bond donors (Lipinski definition) is 1. The van der Waals surface area contributed by atoms with E-state index in [4.69, 9.17) is 0 Å². The van der Waals surface area contributed by atoms with Gasteiger partial charge in [-0.15, -0.1) is 11.3 Å². The van der Waals surface area contributed by atoms with Crippen LogP contribution in [0.3, 0.4) is 0 Å². The molecule has 0 amide bonds. The van der Waals surface area contributed by atoms with Gasteiger partial charge in [0.1, 0.15) is 7.05 Å². The Labute approximate surface area is 84.5 Å². The molecule has 1 aromatic heterocycles. The summed E-state index contributed by atoms with van der Waals surface area (Å²) in [5.74, 6) is 1.20. The zero-order valence-electron chi connectivity index (χ0n) is 8.19. The van der Waals surface area contributed by atoms with Crippen molar-refractivity contribution in [1.82, 2.24) is 9.67 Å². The van der Waals surface area contributed by atoms with Crippen molar-refractivity contribution in [2.45, 2.75) is 31.5 Å². The summed E-state index contributed by atoms with van der Waals surface area (Å²) in [5.41, 5.74) is 0. The fraction of sp³-hybridized carbons (Fsp3) is 0.556. The van der Waals surface area contributed by atoms with Crippen LogP contribution in [0.4, 0.5) is 0 Å². The van der Waals surface area contributed by atoms with E-state index in [2.05, 4.69) is 35.8 Å². The van der Waals surface area contributed by atoms with Crippen LogP contribution in [-0.2, 0) is 20.0 Å². The average Bonchev–Trinajstić information content (AvgIpc) is 2.37. The monoisotopic (exact) mass is 198 g/mol. The minimum absolute atomic E-state index is 0.782. The van der Waals surface area contributed by atoms with Crippen LogP contribution in [0, 0.1) is 0 Å². The SMILES string of the molecule is C=CCCc1n(CC)c(S)n[n+]1C. The van der Waals surface area contributed by atoms with E-state index in [0.29, 0.717) is 0 Å². The van der Waals surface area contributed by atoms with Crippen LogP contribution in [0.5, 0.6) is 0 Å². The highest BCUT2D eigenvalue weighted by atomic mass is 32.1. The Balaban J connectivity index is 2.95. The van der Waals surface area contributed by atoms with E-state index in [1.54, 1.807) is 0 Å². The molecule has 0 aliphatic rings. The average molecular weight is 198 g/mol. The van der Waals surface area contributed by atoms with Gasteiger partial charge in [0.2, 0.25) is 0 Å². The molecule has 0 spiro atoms. The molecule has 0 saturated carbocycles. The van der Waals surface area contributed by atoms with Gasteiger partial charge in [-0.25, -0.2) is 4.57 Å². The van der Waals surface area contributed by atoms with Crippen LogP contribution in [0.25, 0.3) is 0 Å². The normalized spacial score (nSPS) is 10.4. The highest BCUT2D eigenvalue weighted by Gasteiger charge is 2.18. The van der Waals surface area contributed by atoms with Crippen molar-refractivity contribution in [3.8, 4) is 0 Å². The molecule has 4 heteroatoms. The number of hydrogen-bond acceptors (Lipinski definition) is 2. The zero-order valence-corrected chi connectivity index (χ0v) is 9.09. The molecule has 1 rings (SSSR count). The first kappa shape index (κ1) is 10.3. The highest BCUT2D eigenvalue weighted by Crippen LogP contribution is 2.06. The minimum atomic E-state index is 0.782. The first-order chi connectivity index (χ1) is 6.20. The Morgan fingerprint density at radius 1 is 1.69 bits per heavy atom. The first-order valence-corrected chi connectivity index (χ1v) is 4.91. The molecular formula is C9H16N3S+. The van der Waals surface area contributed by atoms with Gasteiger partial charge < -0.3 is 0 Å². The molecule has 1 heterocycles. The Hall–Kier alpha value is -0.770. The first-order valence-electron chi connectivity index (χ1n) is 4.46. The second kappa shape index (κ2) is 4.46. The minimum Gasteiger partial charge on any atom is -0.205 e. The number of nitrogens with zero attached hydrogens (tertiary/aromatic N) is 3. The van der Waals surface area contributed by atoms with E-state index < -0.39 is 0 Å². The summed E-state index contributed by atoms with van der Waals surface area (Å²) in [6.45, 7) is 6.72. The standard InChI is InChI=1S/C9H15N3S/c1-4-6-7-8-11(3)10-9(13)12(8)5-2/h4H,1,5-7H2,2-3H3/p+1. The van der Waals surface area contributed by atoms with Gasteiger partial charge in [-0.3, -0.25) is 0 Å². The van der Waals surface area contributed by atoms with Gasteiger partial charge in [0.15, 0.2) is 0 Å². The molecule has 0 saturated heterocycles. The van der Waals surface area contributed by atoms with Crippen LogP contribution in [0.15, 0.2) is 17.8 Å².